The Balaban J connectivity index is 1.71. The van der Waals surface area contributed by atoms with Crippen LogP contribution >= 0.6 is 11.3 Å². The average molecular weight is 383 g/mol. The van der Waals surface area contributed by atoms with E-state index in [1.165, 1.54) is 22.8 Å². The van der Waals surface area contributed by atoms with E-state index >= 15 is 0 Å². The molecule has 1 atom stereocenters. The van der Waals surface area contributed by atoms with Gasteiger partial charge in [-0.3, -0.25) is 0 Å². The van der Waals surface area contributed by atoms with E-state index in [0.717, 1.165) is 24.1 Å². The molecule has 0 saturated carbocycles. The minimum absolute atomic E-state index is 0.225. The van der Waals surface area contributed by atoms with Crippen LogP contribution in [0, 0.1) is 0 Å². The first-order valence-corrected chi connectivity index (χ1v) is 10.4. The Morgan fingerprint density at radius 1 is 1.36 bits per heavy atom. The zero-order valence-electron chi connectivity index (χ0n) is 14.2. The lowest BCUT2D eigenvalue weighted by atomic mass is 10.1. The Bertz CT molecular complexity index is 822. The summed E-state index contributed by atoms with van der Waals surface area (Å²) >= 11 is 1.34. The summed E-state index contributed by atoms with van der Waals surface area (Å²) in [5.41, 5.74) is 0. The summed E-state index contributed by atoms with van der Waals surface area (Å²) in [7, 11) is -1.99. The van der Waals surface area contributed by atoms with Crippen LogP contribution in [0.5, 0.6) is 11.9 Å². The number of aryl methyl sites for hydroxylation is 1. The summed E-state index contributed by atoms with van der Waals surface area (Å²) in [6.45, 7) is 2.84. The number of thiophene rings is 1. The number of methoxy groups -OCH3 is 1. The number of piperidine rings is 1. The summed E-state index contributed by atoms with van der Waals surface area (Å²) in [5.74, 6) is 0.389. The lowest BCUT2D eigenvalue weighted by molar-refractivity contribution is 0.123. The summed E-state index contributed by atoms with van der Waals surface area (Å²) in [6, 6.07) is 5.44. The molecule has 3 heterocycles. The maximum absolute atomic E-state index is 12.9. The molecule has 9 heteroatoms. The zero-order valence-corrected chi connectivity index (χ0v) is 15.8. The molecule has 1 aliphatic rings. The average Bonchev–Trinajstić information content (AvgIpc) is 3.12. The maximum Gasteiger partial charge on any atom is 0.319 e. The molecule has 1 saturated heterocycles. The first-order chi connectivity index (χ1) is 12.0. The number of hydrogen-bond acceptors (Lipinski definition) is 7. The third-order valence-corrected chi connectivity index (χ3v) is 7.56. The van der Waals surface area contributed by atoms with Crippen molar-refractivity contribution >= 4 is 21.4 Å². The summed E-state index contributed by atoms with van der Waals surface area (Å²) < 4.78 is 38.4. The van der Waals surface area contributed by atoms with Gasteiger partial charge in [0.1, 0.15) is 10.3 Å². The van der Waals surface area contributed by atoms with Gasteiger partial charge in [-0.1, -0.05) is 6.92 Å². The second-order valence-electron chi connectivity index (χ2n) is 5.70. The molecule has 7 nitrogen and oxygen atoms in total. The van der Waals surface area contributed by atoms with Crippen LogP contribution in [0.15, 0.2) is 28.6 Å². The van der Waals surface area contributed by atoms with Gasteiger partial charge in [-0.05, 0) is 31.4 Å². The number of aromatic nitrogens is 2. The van der Waals surface area contributed by atoms with Gasteiger partial charge in [-0.25, -0.2) is 13.4 Å². The summed E-state index contributed by atoms with van der Waals surface area (Å²) in [4.78, 5) is 9.13. The minimum atomic E-state index is -3.47. The molecule has 0 aliphatic carbocycles. The Kier molecular flexibility index (Phi) is 5.55. The largest absolute Gasteiger partial charge is 0.473 e. The highest BCUT2D eigenvalue weighted by Gasteiger charge is 2.32. The summed E-state index contributed by atoms with van der Waals surface area (Å²) in [6.07, 6.45) is 3.67. The number of nitrogens with zero attached hydrogens (tertiary/aromatic N) is 3. The second-order valence-corrected chi connectivity index (χ2v) is 9.03. The van der Waals surface area contributed by atoms with Crippen LogP contribution < -0.4 is 9.47 Å². The van der Waals surface area contributed by atoms with Crippen LogP contribution in [-0.4, -0.2) is 49.0 Å². The van der Waals surface area contributed by atoms with E-state index in [2.05, 4.69) is 9.97 Å². The van der Waals surface area contributed by atoms with Crippen molar-refractivity contribution < 1.29 is 17.9 Å². The molecule has 0 N–H and O–H groups in total. The van der Waals surface area contributed by atoms with E-state index in [0.29, 0.717) is 23.2 Å². The van der Waals surface area contributed by atoms with Gasteiger partial charge >= 0.3 is 6.01 Å². The standard InChI is InChI=1S/C16H21N3O4S2/c1-3-13-6-7-15(24-13)25(20,21)19-10-4-5-12(11-19)23-14-8-9-17-16(18-14)22-2/h6-9,12H,3-5,10-11H2,1-2H3. The van der Waals surface area contributed by atoms with Crippen molar-refractivity contribution in [2.24, 2.45) is 0 Å². The fourth-order valence-electron chi connectivity index (χ4n) is 2.69. The minimum Gasteiger partial charge on any atom is -0.473 e. The van der Waals surface area contributed by atoms with E-state index < -0.39 is 10.0 Å². The van der Waals surface area contributed by atoms with Crippen molar-refractivity contribution in [3.8, 4) is 11.9 Å². The molecule has 1 unspecified atom stereocenters. The second kappa shape index (κ2) is 7.67. The first kappa shape index (κ1) is 18.1. The number of rotatable bonds is 6. The van der Waals surface area contributed by atoms with Crippen LogP contribution in [0.2, 0.25) is 0 Å². The third kappa shape index (κ3) is 4.10. The molecule has 0 radical (unpaired) electrons. The molecular weight excluding hydrogens is 362 g/mol. The predicted molar refractivity (Wildman–Crippen MR) is 94.7 cm³/mol. The van der Waals surface area contributed by atoms with Gasteiger partial charge in [-0.2, -0.15) is 9.29 Å². The predicted octanol–water partition coefficient (Wildman–Crippen LogP) is 2.34. The first-order valence-electron chi connectivity index (χ1n) is 8.15. The highest BCUT2D eigenvalue weighted by Crippen LogP contribution is 2.28. The van der Waals surface area contributed by atoms with Gasteiger partial charge in [0.25, 0.3) is 10.0 Å². The van der Waals surface area contributed by atoms with Crippen molar-refractivity contribution in [2.75, 3.05) is 20.2 Å². The molecule has 1 aliphatic heterocycles. The van der Waals surface area contributed by atoms with Crippen molar-refractivity contribution in [1.29, 1.82) is 0 Å². The maximum atomic E-state index is 12.9. The highest BCUT2D eigenvalue weighted by atomic mass is 32.2. The van der Waals surface area contributed by atoms with Crippen LogP contribution in [0.4, 0.5) is 0 Å². The molecule has 136 valence electrons. The Morgan fingerprint density at radius 3 is 2.92 bits per heavy atom. The van der Waals surface area contributed by atoms with Gasteiger partial charge in [0.2, 0.25) is 5.88 Å². The van der Waals surface area contributed by atoms with Gasteiger partial charge < -0.3 is 9.47 Å². The van der Waals surface area contributed by atoms with Gasteiger partial charge in [0, 0.05) is 23.7 Å². The lowest BCUT2D eigenvalue weighted by Crippen LogP contribution is -2.44. The van der Waals surface area contributed by atoms with E-state index in [-0.39, 0.29) is 12.1 Å². The normalized spacial score (nSPS) is 18.9. The molecule has 2 aromatic rings. The quantitative estimate of drug-likeness (QED) is 0.762. The lowest BCUT2D eigenvalue weighted by Gasteiger charge is -2.31. The molecule has 2 aromatic heterocycles. The van der Waals surface area contributed by atoms with Gasteiger partial charge in [0.15, 0.2) is 0 Å². The SMILES string of the molecule is CCc1ccc(S(=O)(=O)N2CCCC(Oc3ccnc(OC)n3)C2)s1. The van der Waals surface area contributed by atoms with Crippen LogP contribution in [-0.2, 0) is 16.4 Å². The molecular formula is C16H21N3O4S2. The van der Waals surface area contributed by atoms with E-state index in [9.17, 15) is 8.42 Å². The van der Waals surface area contributed by atoms with E-state index in [1.54, 1.807) is 18.3 Å². The molecule has 0 aromatic carbocycles. The van der Waals surface area contributed by atoms with Gasteiger partial charge in [-0.15, -0.1) is 11.3 Å². The third-order valence-electron chi connectivity index (χ3n) is 4.00. The fraction of sp³-hybridized carbons (Fsp3) is 0.500. The molecule has 3 rings (SSSR count). The van der Waals surface area contributed by atoms with Crippen LogP contribution in [0.3, 0.4) is 0 Å². The fourth-order valence-corrected chi connectivity index (χ4v) is 5.65. The smallest absolute Gasteiger partial charge is 0.319 e. The Hall–Kier alpha value is -1.71. The molecule has 0 amide bonds. The monoisotopic (exact) mass is 383 g/mol. The molecule has 25 heavy (non-hydrogen) atoms. The Labute approximate surface area is 151 Å². The molecule has 0 bridgehead atoms. The topological polar surface area (TPSA) is 81.6 Å². The Morgan fingerprint density at radius 2 is 2.20 bits per heavy atom. The van der Waals surface area contributed by atoms with Crippen molar-refractivity contribution in [2.45, 2.75) is 36.5 Å². The number of sulfonamides is 1. The number of hydrogen-bond donors (Lipinski definition) is 0. The van der Waals surface area contributed by atoms with Crippen molar-refractivity contribution in [1.82, 2.24) is 14.3 Å². The molecule has 1 fully saturated rings. The van der Waals surface area contributed by atoms with Gasteiger partial charge in [0.05, 0.1) is 13.7 Å². The molecule has 0 spiro atoms. The van der Waals surface area contributed by atoms with E-state index in [1.807, 2.05) is 13.0 Å². The summed E-state index contributed by atoms with van der Waals surface area (Å²) in [5, 5.41) is 0. The zero-order chi connectivity index (χ0) is 17.9. The van der Waals surface area contributed by atoms with Crippen molar-refractivity contribution in [3.05, 3.63) is 29.3 Å². The van der Waals surface area contributed by atoms with E-state index in [4.69, 9.17) is 9.47 Å². The van der Waals surface area contributed by atoms with Crippen LogP contribution in [0.1, 0.15) is 24.6 Å². The highest BCUT2D eigenvalue weighted by molar-refractivity contribution is 7.91. The number of ether oxygens (including phenoxy) is 2. The van der Waals surface area contributed by atoms with Crippen LogP contribution in [0.25, 0.3) is 0 Å². The van der Waals surface area contributed by atoms with Crippen molar-refractivity contribution in [3.63, 3.8) is 0 Å².